The largest absolute Gasteiger partial charge is 0.337 e. The highest BCUT2D eigenvalue weighted by Crippen LogP contribution is 2.31. The lowest BCUT2D eigenvalue weighted by Crippen LogP contribution is -2.42. The molecular weight excluding hydrogens is 324 g/mol. The second kappa shape index (κ2) is 6.73. The second-order valence-electron chi connectivity index (χ2n) is 6.96. The maximum absolute atomic E-state index is 12.7. The van der Waals surface area contributed by atoms with Crippen molar-refractivity contribution in [1.82, 2.24) is 19.6 Å². The average molecular weight is 347 g/mol. The molecule has 2 fully saturated rings. The lowest BCUT2D eigenvalue weighted by atomic mass is 9.79. The Morgan fingerprint density at radius 2 is 1.79 bits per heavy atom. The highest BCUT2D eigenvalue weighted by Gasteiger charge is 2.30. The van der Waals surface area contributed by atoms with Crippen molar-refractivity contribution in [3.05, 3.63) is 35.2 Å². The van der Waals surface area contributed by atoms with Gasteiger partial charge in [0.1, 0.15) is 11.3 Å². The molecule has 1 N–H and O–H groups in total. The fourth-order valence-electron chi connectivity index (χ4n) is 4.12. The van der Waals surface area contributed by atoms with Crippen LogP contribution in [-0.4, -0.2) is 46.4 Å². The van der Waals surface area contributed by atoms with Gasteiger partial charge in [0.05, 0.1) is 5.02 Å². The van der Waals surface area contributed by atoms with Gasteiger partial charge in [-0.25, -0.2) is 4.98 Å². The first-order valence-electron chi connectivity index (χ1n) is 8.85. The topological polar surface area (TPSA) is 49.6 Å². The maximum Gasteiger partial charge on any atom is 0.274 e. The molecule has 0 unspecified atom stereocenters. The van der Waals surface area contributed by atoms with Crippen molar-refractivity contribution in [2.75, 3.05) is 26.2 Å². The predicted octanol–water partition coefficient (Wildman–Crippen LogP) is 2.84. The number of fused-ring (bicyclic) bond motifs is 1. The molecule has 0 aromatic carbocycles. The number of pyridine rings is 1. The summed E-state index contributed by atoms with van der Waals surface area (Å²) < 4.78 is 1.82. The van der Waals surface area contributed by atoms with E-state index in [4.69, 9.17) is 11.6 Å². The lowest BCUT2D eigenvalue weighted by Gasteiger charge is -2.37. The van der Waals surface area contributed by atoms with Gasteiger partial charge >= 0.3 is 0 Å². The summed E-state index contributed by atoms with van der Waals surface area (Å²) in [4.78, 5) is 19.1. The third kappa shape index (κ3) is 3.15. The molecule has 5 nitrogen and oxygen atoms in total. The Bertz CT molecular complexity index is 730. The molecule has 1 amide bonds. The molecule has 2 aliphatic rings. The van der Waals surface area contributed by atoms with Crippen LogP contribution in [0.15, 0.2) is 24.5 Å². The van der Waals surface area contributed by atoms with E-state index in [0.717, 1.165) is 56.5 Å². The summed E-state index contributed by atoms with van der Waals surface area (Å²) in [7, 11) is 0. The Kier molecular flexibility index (Phi) is 4.46. The molecule has 4 rings (SSSR count). The summed E-state index contributed by atoms with van der Waals surface area (Å²) in [6, 6.07) is 3.63. The monoisotopic (exact) mass is 346 g/mol. The number of halogens is 1. The normalized spacial score (nSPS) is 20.6. The van der Waals surface area contributed by atoms with Gasteiger partial charge in [-0.1, -0.05) is 11.6 Å². The Labute approximate surface area is 147 Å². The molecule has 0 aliphatic carbocycles. The standard InChI is InChI=1S/C18H23ClN4O/c19-15-1-2-17-21-16(12-23(17)11-15)18(24)22-9-5-14(6-10-22)13-3-7-20-8-4-13/h1-2,11-14,20H,3-10H2. The summed E-state index contributed by atoms with van der Waals surface area (Å²) in [6.45, 7) is 3.99. The first-order chi connectivity index (χ1) is 11.7. The molecule has 2 aromatic heterocycles. The van der Waals surface area contributed by atoms with E-state index in [2.05, 4.69) is 10.3 Å². The van der Waals surface area contributed by atoms with Crippen molar-refractivity contribution in [2.45, 2.75) is 25.7 Å². The third-order valence-electron chi connectivity index (χ3n) is 5.51. The number of nitrogens with zero attached hydrogens (tertiary/aromatic N) is 3. The minimum Gasteiger partial charge on any atom is -0.337 e. The summed E-state index contributed by atoms with van der Waals surface area (Å²) in [5, 5.41) is 4.07. The molecule has 0 atom stereocenters. The smallest absolute Gasteiger partial charge is 0.274 e. The summed E-state index contributed by atoms with van der Waals surface area (Å²) in [6.07, 6.45) is 8.37. The Morgan fingerprint density at radius 1 is 1.08 bits per heavy atom. The molecule has 4 heterocycles. The number of aromatic nitrogens is 2. The second-order valence-corrected chi connectivity index (χ2v) is 7.39. The molecule has 2 aromatic rings. The van der Waals surface area contributed by atoms with Crippen molar-refractivity contribution in [3.63, 3.8) is 0 Å². The lowest BCUT2D eigenvalue weighted by molar-refractivity contribution is 0.0637. The van der Waals surface area contributed by atoms with Gasteiger partial charge in [-0.05, 0) is 62.7 Å². The van der Waals surface area contributed by atoms with E-state index < -0.39 is 0 Å². The zero-order valence-corrected chi connectivity index (χ0v) is 14.5. The van der Waals surface area contributed by atoms with Gasteiger partial charge in [-0.15, -0.1) is 0 Å². The van der Waals surface area contributed by atoms with Gasteiger partial charge in [0.2, 0.25) is 0 Å². The fraction of sp³-hybridized carbons (Fsp3) is 0.556. The number of hydrogen-bond donors (Lipinski definition) is 1. The van der Waals surface area contributed by atoms with Gasteiger partial charge < -0.3 is 14.6 Å². The van der Waals surface area contributed by atoms with Crippen LogP contribution >= 0.6 is 11.6 Å². The SMILES string of the molecule is O=C(c1cn2cc(Cl)ccc2n1)N1CCC(C2CCNCC2)CC1. The van der Waals surface area contributed by atoms with Crippen molar-refractivity contribution in [2.24, 2.45) is 11.8 Å². The number of likely N-dealkylation sites (tertiary alicyclic amines) is 1. The third-order valence-corrected chi connectivity index (χ3v) is 5.73. The van der Waals surface area contributed by atoms with E-state index in [9.17, 15) is 4.79 Å². The van der Waals surface area contributed by atoms with E-state index in [1.54, 1.807) is 18.5 Å². The minimum atomic E-state index is 0.0404. The van der Waals surface area contributed by atoms with Crippen LogP contribution in [0.4, 0.5) is 0 Å². The van der Waals surface area contributed by atoms with Crippen LogP contribution in [0.25, 0.3) is 5.65 Å². The summed E-state index contributed by atoms with van der Waals surface area (Å²) in [5.41, 5.74) is 1.27. The van der Waals surface area contributed by atoms with E-state index in [0.29, 0.717) is 10.7 Å². The van der Waals surface area contributed by atoms with Crippen molar-refractivity contribution < 1.29 is 4.79 Å². The number of imidazole rings is 1. The molecule has 6 heteroatoms. The molecule has 2 aliphatic heterocycles. The molecule has 0 saturated carbocycles. The molecule has 0 spiro atoms. The first kappa shape index (κ1) is 15.9. The van der Waals surface area contributed by atoms with Gasteiger partial charge in [0, 0.05) is 25.5 Å². The van der Waals surface area contributed by atoms with E-state index in [-0.39, 0.29) is 5.91 Å². The van der Waals surface area contributed by atoms with Crippen LogP contribution in [0.5, 0.6) is 0 Å². The van der Waals surface area contributed by atoms with Crippen LogP contribution < -0.4 is 5.32 Å². The van der Waals surface area contributed by atoms with Gasteiger partial charge in [0.25, 0.3) is 5.91 Å². The van der Waals surface area contributed by atoms with Crippen molar-refractivity contribution in [1.29, 1.82) is 0 Å². The van der Waals surface area contributed by atoms with Crippen LogP contribution in [0.3, 0.4) is 0 Å². The van der Waals surface area contributed by atoms with Gasteiger partial charge in [-0.2, -0.15) is 0 Å². The zero-order chi connectivity index (χ0) is 16.5. The zero-order valence-electron chi connectivity index (χ0n) is 13.7. The number of carbonyl (C=O) groups is 1. The van der Waals surface area contributed by atoms with E-state index in [1.165, 1.54) is 12.8 Å². The molecule has 24 heavy (non-hydrogen) atoms. The van der Waals surface area contributed by atoms with Crippen LogP contribution in [0, 0.1) is 11.8 Å². The molecule has 128 valence electrons. The molecule has 0 bridgehead atoms. The van der Waals surface area contributed by atoms with E-state index in [1.807, 2.05) is 15.4 Å². The maximum atomic E-state index is 12.7. The Hall–Kier alpha value is -1.59. The number of rotatable bonds is 2. The fourth-order valence-corrected chi connectivity index (χ4v) is 4.29. The Balaban J connectivity index is 1.41. The number of piperidine rings is 2. The summed E-state index contributed by atoms with van der Waals surface area (Å²) >= 11 is 6.00. The molecule has 2 saturated heterocycles. The van der Waals surface area contributed by atoms with Crippen molar-refractivity contribution >= 4 is 23.2 Å². The van der Waals surface area contributed by atoms with E-state index >= 15 is 0 Å². The average Bonchev–Trinajstić information content (AvgIpc) is 3.05. The van der Waals surface area contributed by atoms with Gasteiger partial charge in [-0.3, -0.25) is 4.79 Å². The van der Waals surface area contributed by atoms with Crippen LogP contribution in [0.2, 0.25) is 5.02 Å². The quantitative estimate of drug-likeness (QED) is 0.909. The number of carbonyl (C=O) groups excluding carboxylic acids is 1. The van der Waals surface area contributed by atoms with Crippen LogP contribution in [0.1, 0.15) is 36.2 Å². The van der Waals surface area contributed by atoms with Gasteiger partial charge in [0.15, 0.2) is 0 Å². The highest BCUT2D eigenvalue weighted by molar-refractivity contribution is 6.30. The first-order valence-corrected chi connectivity index (χ1v) is 9.23. The Morgan fingerprint density at radius 3 is 2.54 bits per heavy atom. The summed E-state index contributed by atoms with van der Waals surface area (Å²) in [5.74, 6) is 1.65. The number of hydrogen-bond acceptors (Lipinski definition) is 3. The molecular formula is C18H23ClN4O. The number of nitrogens with one attached hydrogen (secondary N) is 1. The van der Waals surface area contributed by atoms with Crippen LogP contribution in [-0.2, 0) is 0 Å². The number of amides is 1. The minimum absolute atomic E-state index is 0.0404. The highest BCUT2D eigenvalue weighted by atomic mass is 35.5. The molecule has 0 radical (unpaired) electrons. The predicted molar refractivity (Wildman–Crippen MR) is 94.4 cm³/mol. The van der Waals surface area contributed by atoms with Crippen molar-refractivity contribution in [3.8, 4) is 0 Å².